The maximum absolute atomic E-state index is 13.5. The van der Waals surface area contributed by atoms with E-state index in [0.717, 1.165) is 31.0 Å². The molecule has 1 aliphatic rings. The second kappa shape index (κ2) is 10.0. The molecule has 2 atom stereocenters. The van der Waals surface area contributed by atoms with E-state index >= 15 is 0 Å². The van der Waals surface area contributed by atoms with E-state index in [1.807, 2.05) is 21.6 Å². The molecule has 1 aromatic rings. The van der Waals surface area contributed by atoms with Crippen LogP contribution in [0, 0.1) is 11.6 Å². The molecule has 1 amide bonds. The number of anilines is 1. The molecule has 1 aromatic carbocycles. The first-order valence-electron chi connectivity index (χ1n) is 8.19. The number of amides is 1. The summed E-state index contributed by atoms with van der Waals surface area (Å²) in [6.45, 7) is 1.40. The lowest BCUT2D eigenvalue weighted by Crippen LogP contribution is -2.30. The molecular weight excluding hydrogens is 368 g/mol. The van der Waals surface area contributed by atoms with E-state index < -0.39 is 29.6 Å². The van der Waals surface area contributed by atoms with Crippen molar-refractivity contribution in [3.05, 3.63) is 29.8 Å². The highest BCUT2D eigenvalue weighted by Gasteiger charge is 2.20. The number of hydrogen-bond donors (Lipinski definition) is 1. The number of esters is 1. The molecule has 0 unspecified atom stereocenters. The molecule has 1 fully saturated rings. The standard InChI is InChI=1S/C17H21F2NO3S2/c1-11(17(22)20-15-10-12(18)6-7-14(15)19)23-16(21)5-3-2-4-13-8-9-24-25-13/h6-7,10-11,13H,2-5,8-9H2,1H3,(H,20,22)/t11-,13-/m1/s1. The fourth-order valence-corrected chi connectivity index (χ4v) is 5.37. The van der Waals surface area contributed by atoms with Crippen molar-refractivity contribution in [1.29, 1.82) is 0 Å². The lowest BCUT2D eigenvalue weighted by atomic mass is 10.1. The van der Waals surface area contributed by atoms with Crippen LogP contribution in [0.2, 0.25) is 0 Å². The summed E-state index contributed by atoms with van der Waals surface area (Å²) in [6, 6.07) is 2.75. The van der Waals surface area contributed by atoms with Gasteiger partial charge in [0.25, 0.3) is 5.91 Å². The molecule has 1 N–H and O–H groups in total. The van der Waals surface area contributed by atoms with Crippen molar-refractivity contribution in [3.8, 4) is 0 Å². The first kappa shape index (κ1) is 20.0. The number of nitrogens with one attached hydrogen (secondary N) is 1. The number of unbranched alkanes of at least 4 members (excludes halogenated alkanes) is 1. The minimum atomic E-state index is -1.07. The molecule has 0 aliphatic carbocycles. The van der Waals surface area contributed by atoms with Gasteiger partial charge in [0.2, 0.25) is 0 Å². The smallest absolute Gasteiger partial charge is 0.306 e. The molecule has 0 spiro atoms. The zero-order valence-corrected chi connectivity index (χ0v) is 15.6. The van der Waals surface area contributed by atoms with Gasteiger partial charge in [0.1, 0.15) is 11.6 Å². The van der Waals surface area contributed by atoms with Crippen LogP contribution in [0.25, 0.3) is 0 Å². The van der Waals surface area contributed by atoms with Crippen LogP contribution in [0.4, 0.5) is 14.5 Å². The summed E-state index contributed by atoms with van der Waals surface area (Å²) in [5.74, 6) is -1.39. The molecule has 1 aliphatic heterocycles. The summed E-state index contributed by atoms with van der Waals surface area (Å²) in [6.07, 6.45) is 3.14. The Labute approximate surface area is 153 Å². The van der Waals surface area contributed by atoms with Gasteiger partial charge in [-0.15, -0.1) is 0 Å². The van der Waals surface area contributed by atoms with Gasteiger partial charge in [0.05, 0.1) is 5.69 Å². The summed E-state index contributed by atoms with van der Waals surface area (Å²) >= 11 is 0. The second-order valence-electron chi connectivity index (χ2n) is 5.82. The molecule has 138 valence electrons. The van der Waals surface area contributed by atoms with Crippen molar-refractivity contribution in [2.45, 2.75) is 50.4 Å². The highest BCUT2D eigenvalue weighted by molar-refractivity contribution is 8.77. The Morgan fingerprint density at radius 2 is 2.16 bits per heavy atom. The highest BCUT2D eigenvalue weighted by Crippen LogP contribution is 2.39. The van der Waals surface area contributed by atoms with Crippen molar-refractivity contribution in [3.63, 3.8) is 0 Å². The van der Waals surface area contributed by atoms with Gasteiger partial charge in [-0.25, -0.2) is 8.78 Å². The van der Waals surface area contributed by atoms with Gasteiger partial charge in [-0.05, 0) is 38.3 Å². The number of benzene rings is 1. The fourth-order valence-electron chi connectivity index (χ4n) is 2.34. The van der Waals surface area contributed by atoms with Gasteiger partial charge >= 0.3 is 5.97 Å². The molecule has 1 saturated heterocycles. The number of carbonyl (C=O) groups is 2. The van der Waals surface area contributed by atoms with Gasteiger partial charge in [-0.2, -0.15) is 0 Å². The van der Waals surface area contributed by atoms with E-state index in [4.69, 9.17) is 4.74 Å². The normalized spacial score (nSPS) is 18.0. The zero-order chi connectivity index (χ0) is 18.2. The summed E-state index contributed by atoms with van der Waals surface area (Å²) in [5.41, 5.74) is -0.278. The van der Waals surface area contributed by atoms with Crippen LogP contribution >= 0.6 is 21.6 Å². The number of halogens is 2. The maximum Gasteiger partial charge on any atom is 0.306 e. The van der Waals surface area contributed by atoms with E-state index in [1.54, 1.807) is 0 Å². The van der Waals surface area contributed by atoms with Crippen LogP contribution in [-0.4, -0.2) is 29.0 Å². The third-order valence-electron chi connectivity index (χ3n) is 3.75. The fraction of sp³-hybridized carbons (Fsp3) is 0.529. The zero-order valence-electron chi connectivity index (χ0n) is 13.9. The lowest BCUT2D eigenvalue weighted by Gasteiger charge is -2.14. The van der Waals surface area contributed by atoms with E-state index in [2.05, 4.69) is 5.32 Å². The molecule has 8 heteroatoms. The van der Waals surface area contributed by atoms with Crippen LogP contribution in [0.1, 0.15) is 39.0 Å². The van der Waals surface area contributed by atoms with Crippen LogP contribution in [0.15, 0.2) is 18.2 Å². The molecule has 1 heterocycles. The Morgan fingerprint density at radius 1 is 1.36 bits per heavy atom. The molecule has 0 bridgehead atoms. The monoisotopic (exact) mass is 389 g/mol. The van der Waals surface area contributed by atoms with Crippen molar-refractivity contribution in [1.82, 2.24) is 0 Å². The first-order chi connectivity index (χ1) is 12.0. The molecule has 25 heavy (non-hydrogen) atoms. The number of ether oxygens (including phenoxy) is 1. The van der Waals surface area contributed by atoms with E-state index in [0.29, 0.717) is 11.7 Å². The Hall–Kier alpha value is -1.28. The molecule has 0 radical (unpaired) electrons. The predicted molar refractivity (Wildman–Crippen MR) is 97.5 cm³/mol. The van der Waals surface area contributed by atoms with E-state index in [9.17, 15) is 18.4 Å². The van der Waals surface area contributed by atoms with Crippen molar-refractivity contribution in [2.24, 2.45) is 0 Å². The van der Waals surface area contributed by atoms with Gasteiger partial charge in [0, 0.05) is 23.5 Å². The van der Waals surface area contributed by atoms with Gasteiger partial charge in [-0.3, -0.25) is 9.59 Å². The Kier molecular flexibility index (Phi) is 8.02. The topological polar surface area (TPSA) is 55.4 Å². The molecule has 2 rings (SSSR count). The van der Waals surface area contributed by atoms with E-state index in [-0.39, 0.29) is 12.1 Å². The average Bonchev–Trinajstić information content (AvgIpc) is 3.08. The van der Waals surface area contributed by atoms with Crippen molar-refractivity contribution >= 4 is 39.2 Å². The summed E-state index contributed by atoms with van der Waals surface area (Å²) < 4.78 is 31.6. The Morgan fingerprint density at radius 3 is 2.88 bits per heavy atom. The first-order valence-corrected chi connectivity index (χ1v) is 10.6. The minimum Gasteiger partial charge on any atom is -0.453 e. The van der Waals surface area contributed by atoms with Crippen LogP contribution in [0.3, 0.4) is 0 Å². The predicted octanol–water partition coefficient (Wildman–Crippen LogP) is 4.55. The molecule has 0 aromatic heterocycles. The molecule has 4 nitrogen and oxygen atoms in total. The quantitative estimate of drug-likeness (QED) is 0.402. The second-order valence-corrected chi connectivity index (χ2v) is 8.61. The summed E-state index contributed by atoms with van der Waals surface area (Å²) in [7, 11) is 3.80. The Bertz CT molecular complexity index is 610. The van der Waals surface area contributed by atoms with Crippen LogP contribution in [-0.2, 0) is 14.3 Å². The van der Waals surface area contributed by atoms with E-state index in [1.165, 1.54) is 19.1 Å². The average molecular weight is 389 g/mol. The lowest BCUT2D eigenvalue weighted by molar-refractivity contribution is -0.153. The summed E-state index contributed by atoms with van der Waals surface area (Å²) in [4.78, 5) is 23.7. The SMILES string of the molecule is C[C@@H](OC(=O)CCCC[C@@H]1CCSS1)C(=O)Nc1cc(F)ccc1F. The van der Waals surface area contributed by atoms with Gasteiger partial charge in [0.15, 0.2) is 6.10 Å². The number of carbonyl (C=O) groups excluding carboxylic acids is 2. The maximum atomic E-state index is 13.5. The summed E-state index contributed by atoms with van der Waals surface area (Å²) in [5, 5.41) is 2.90. The number of rotatable bonds is 8. The number of hydrogen-bond acceptors (Lipinski definition) is 5. The largest absolute Gasteiger partial charge is 0.453 e. The van der Waals surface area contributed by atoms with Gasteiger partial charge in [-0.1, -0.05) is 28.0 Å². The molecule has 0 saturated carbocycles. The van der Waals surface area contributed by atoms with Crippen molar-refractivity contribution in [2.75, 3.05) is 11.1 Å². The Balaban J connectivity index is 1.68. The van der Waals surface area contributed by atoms with Crippen molar-refractivity contribution < 1.29 is 23.1 Å². The van der Waals surface area contributed by atoms with Crippen LogP contribution < -0.4 is 5.32 Å². The highest BCUT2D eigenvalue weighted by atomic mass is 33.1. The third-order valence-corrected chi connectivity index (χ3v) is 6.75. The van der Waals surface area contributed by atoms with Crippen LogP contribution in [0.5, 0.6) is 0 Å². The molecular formula is C17H21F2NO3S2. The minimum absolute atomic E-state index is 0.247. The van der Waals surface area contributed by atoms with Gasteiger partial charge < -0.3 is 10.1 Å². The third kappa shape index (κ3) is 6.86.